The number of hydrogen-bond acceptors (Lipinski definition) is 6. The van der Waals surface area contributed by atoms with E-state index in [1.165, 1.54) is 25.4 Å². The summed E-state index contributed by atoms with van der Waals surface area (Å²) >= 11 is 12.2. The predicted octanol–water partition coefficient (Wildman–Crippen LogP) is 4.79. The van der Waals surface area contributed by atoms with Gasteiger partial charge in [0.05, 0.1) is 17.8 Å². The second kappa shape index (κ2) is 9.55. The van der Waals surface area contributed by atoms with Crippen LogP contribution in [0.3, 0.4) is 0 Å². The van der Waals surface area contributed by atoms with Gasteiger partial charge in [0, 0.05) is 17.1 Å². The molecule has 0 radical (unpaired) electrons. The maximum Gasteiger partial charge on any atom is 0.416 e. The lowest BCUT2D eigenvalue weighted by Gasteiger charge is -2.25. The number of benzene rings is 2. The van der Waals surface area contributed by atoms with E-state index in [1.54, 1.807) is 18.2 Å². The number of nitrogens with zero attached hydrogens (tertiary/aromatic N) is 3. The first-order valence-corrected chi connectivity index (χ1v) is 10.7. The van der Waals surface area contributed by atoms with E-state index in [0.717, 1.165) is 22.4 Å². The van der Waals surface area contributed by atoms with Crippen molar-refractivity contribution in [2.24, 2.45) is 12.2 Å². The zero-order valence-electron chi connectivity index (χ0n) is 17.6. The molecule has 0 saturated heterocycles. The molecular weight excluding hydrogens is 496 g/mol. The Kier molecular flexibility index (Phi) is 6.72. The van der Waals surface area contributed by atoms with Gasteiger partial charge in [0.15, 0.2) is 11.6 Å². The van der Waals surface area contributed by atoms with Gasteiger partial charge < -0.3 is 14.9 Å². The fourth-order valence-corrected chi connectivity index (χ4v) is 3.80. The molecule has 178 valence electrons. The van der Waals surface area contributed by atoms with Crippen LogP contribution in [0.1, 0.15) is 16.7 Å². The highest BCUT2D eigenvalue weighted by molar-refractivity contribution is 6.35. The van der Waals surface area contributed by atoms with E-state index in [4.69, 9.17) is 32.8 Å². The van der Waals surface area contributed by atoms with Crippen molar-refractivity contribution in [1.82, 2.24) is 15.1 Å². The molecule has 0 amide bonds. The maximum absolute atomic E-state index is 13.1. The summed E-state index contributed by atoms with van der Waals surface area (Å²) in [6, 6.07) is 9.10. The molecule has 4 rings (SSSR count). The first-order chi connectivity index (χ1) is 16.1. The van der Waals surface area contributed by atoms with E-state index < -0.39 is 17.3 Å². The molecule has 0 saturated carbocycles. The zero-order valence-corrected chi connectivity index (χ0v) is 19.1. The molecule has 0 fully saturated rings. The highest BCUT2D eigenvalue weighted by atomic mass is 35.5. The number of alkyl halides is 3. The van der Waals surface area contributed by atoms with E-state index in [-0.39, 0.29) is 35.5 Å². The molecule has 2 aromatic carbocycles. The Morgan fingerprint density at radius 2 is 2.03 bits per heavy atom. The molecule has 3 aromatic rings. The van der Waals surface area contributed by atoms with Crippen LogP contribution < -0.4 is 15.6 Å². The summed E-state index contributed by atoms with van der Waals surface area (Å²) in [6.07, 6.45) is -2.89. The van der Waals surface area contributed by atoms with Crippen LogP contribution in [-0.4, -0.2) is 28.3 Å². The fraction of sp³-hybridized carbons (Fsp3) is 0.227. The van der Waals surface area contributed by atoms with Crippen molar-refractivity contribution in [2.45, 2.75) is 18.6 Å². The van der Waals surface area contributed by atoms with Crippen molar-refractivity contribution in [3.63, 3.8) is 0 Å². The van der Waals surface area contributed by atoms with Gasteiger partial charge in [-0.05, 0) is 42.3 Å². The number of aromatic nitrogens is 2. The molecule has 12 heteroatoms. The lowest BCUT2D eigenvalue weighted by atomic mass is 10.1. The average molecular weight is 513 g/mol. The molecule has 7 nitrogen and oxygen atoms in total. The van der Waals surface area contributed by atoms with Crippen LogP contribution in [0.2, 0.25) is 10.0 Å². The number of oxime groups is 1. The van der Waals surface area contributed by atoms with Gasteiger partial charge >= 0.3 is 6.18 Å². The molecule has 1 aliphatic heterocycles. The monoisotopic (exact) mass is 512 g/mol. The van der Waals surface area contributed by atoms with Gasteiger partial charge in [-0.3, -0.25) is 4.79 Å². The van der Waals surface area contributed by atoms with Crippen molar-refractivity contribution < 1.29 is 22.7 Å². The molecular formula is C22H17Cl2F3N4O3. The quantitative estimate of drug-likeness (QED) is 0.531. The van der Waals surface area contributed by atoms with Gasteiger partial charge in [-0.2, -0.15) is 18.3 Å². The van der Waals surface area contributed by atoms with Crippen molar-refractivity contribution in [2.75, 3.05) is 6.61 Å². The summed E-state index contributed by atoms with van der Waals surface area (Å²) in [7, 11) is 1.43. The maximum atomic E-state index is 13.1. The van der Waals surface area contributed by atoms with Gasteiger partial charge in [-0.1, -0.05) is 40.5 Å². The summed E-state index contributed by atoms with van der Waals surface area (Å²) < 4.78 is 45.9. The smallest absolute Gasteiger partial charge is 0.416 e. The second-order valence-corrected chi connectivity index (χ2v) is 8.30. The summed E-state index contributed by atoms with van der Waals surface area (Å²) in [5, 5.41) is 12.0. The molecule has 1 aliphatic rings. The summed E-state index contributed by atoms with van der Waals surface area (Å²) in [6.45, 7) is 0.192. The Morgan fingerprint density at radius 1 is 1.24 bits per heavy atom. The topological polar surface area (TPSA) is 77.7 Å². The molecule has 1 aromatic heterocycles. The summed E-state index contributed by atoms with van der Waals surface area (Å²) in [5.41, 5.74) is -0.706. The molecule has 0 spiro atoms. The molecule has 1 N–H and O–H groups in total. The Bertz CT molecular complexity index is 1310. The van der Waals surface area contributed by atoms with Crippen LogP contribution in [0.25, 0.3) is 0 Å². The number of ether oxygens (including phenoxy) is 1. The first kappa shape index (κ1) is 23.9. The Balaban J connectivity index is 1.63. The van der Waals surface area contributed by atoms with E-state index in [2.05, 4.69) is 15.6 Å². The number of aryl methyl sites for hydroxylation is 1. The number of amidine groups is 1. The summed E-state index contributed by atoms with van der Waals surface area (Å²) in [4.78, 5) is 18.2. The van der Waals surface area contributed by atoms with Gasteiger partial charge in [-0.15, -0.1) is 0 Å². The highest BCUT2D eigenvalue weighted by Crippen LogP contribution is 2.33. The molecule has 0 bridgehead atoms. The largest absolute Gasteiger partial charge is 0.455 e. The van der Waals surface area contributed by atoms with Gasteiger partial charge in [0.1, 0.15) is 17.9 Å². The lowest BCUT2D eigenvalue weighted by Crippen LogP contribution is -2.46. The third-order valence-corrected chi connectivity index (χ3v) is 5.57. The molecule has 1 atom stereocenters. The van der Waals surface area contributed by atoms with E-state index in [1.807, 2.05) is 0 Å². The van der Waals surface area contributed by atoms with E-state index >= 15 is 0 Å². The number of rotatable bonds is 5. The average Bonchev–Trinajstić information content (AvgIpc) is 2.78. The number of halogens is 5. The lowest BCUT2D eigenvalue weighted by molar-refractivity contribution is -0.137. The Hall–Kier alpha value is -3.24. The van der Waals surface area contributed by atoms with Crippen LogP contribution in [0.4, 0.5) is 13.2 Å². The second-order valence-electron chi connectivity index (χ2n) is 7.46. The minimum atomic E-state index is -4.55. The molecule has 34 heavy (non-hydrogen) atoms. The predicted molar refractivity (Wildman–Crippen MR) is 121 cm³/mol. The van der Waals surface area contributed by atoms with Gasteiger partial charge in [-0.25, -0.2) is 4.68 Å². The minimum absolute atomic E-state index is 0.0400. The van der Waals surface area contributed by atoms with E-state index in [0.29, 0.717) is 16.5 Å². The van der Waals surface area contributed by atoms with Crippen molar-refractivity contribution in [3.8, 4) is 11.5 Å². The van der Waals surface area contributed by atoms with Gasteiger partial charge in [0.2, 0.25) is 0 Å². The standard InChI is InChI=1S/C22H17Cl2F3N4O3/c1-31-21(32)19(18(10-28-31)34-16-4-2-3-13(8-16)22(25,26)27)20-29-15(11-33-30-20)7-12-5-6-14(23)9-17(12)24/h2-6,8-10,15H,7,11H2,1H3,(H,29,30)/t15-/m1/s1. The van der Waals surface area contributed by atoms with Crippen LogP contribution >= 0.6 is 23.2 Å². The highest BCUT2D eigenvalue weighted by Gasteiger charge is 2.31. The van der Waals surface area contributed by atoms with Crippen molar-refractivity contribution in [1.29, 1.82) is 0 Å². The normalized spacial score (nSPS) is 15.8. The first-order valence-electron chi connectivity index (χ1n) is 9.94. The van der Waals surface area contributed by atoms with Crippen LogP contribution in [-0.2, 0) is 24.5 Å². The van der Waals surface area contributed by atoms with E-state index in [9.17, 15) is 18.0 Å². The number of nitrogens with one attached hydrogen (secondary N) is 1. The molecule has 0 aliphatic carbocycles. The molecule has 0 unspecified atom stereocenters. The zero-order chi connectivity index (χ0) is 24.5. The Morgan fingerprint density at radius 3 is 2.76 bits per heavy atom. The van der Waals surface area contributed by atoms with Crippen LogP contribution in [0.5, 0.6) is 11.5 Å². The summed E-state index contributed by atoms with van der Waals surface area (Å²) in [5.74, 6) is -0.137. The third kappa shape index (κ3) is 5.28. The third-order valence-electron chi connectivity index (χ3n) is 4.98. The minimum Gasteiger partial charge on any atom is -0.455 e. The molecule has 2 heterocycles. The van der Waals surface area contributed by atoms with Crippen molar-refractivity contribution in [3.05, 3.63) is 85.8 Å². The fourth-order valence-electron chi connectivity index (χ4n) is 3.32. The SMILES string of the molecule is Cn1ncc(Oc2cccc(C(F)(F)F)c2)c(C2=NOC[C@@H](Cc3ccc(Cl)cc3Cl)N2)c1=O. The van der Waals surface area contributed by atoms with Crippen molar-refractivity contribution >= 4 is 29.0 Å². The number of hydrogen-bond donors (Lipinski definition) is 1. The Labute approximate surface area is 201 Å². The van der Waals surface area contributed by atoms with Gasteiger partial charge in [0.25, 0.3) is 5.56 Å². The van der Waals surface area contributed by atoms with Crippen LogP contribution in [0.15, 0.2) is 58.6 Å². The van der Waals surface area contributed by atoms with Crippen LogP contribution in [0, 0.1) is 0 Å².